The van der Waals surface area contributed by atoms with Crippen molar-refractivity contribution >= 4 is 27.5 Å². The maximum Gasteiger partial charge on any atom is 0.329 e. The standard InChI is InChI=1S/C18H24N2O4S/c1-3-13(18(22)24-10-9-23-4-2)20-11-19-16-15(17(20)21)12-7-5-6-8-14(12)25-16/h11,13H,3-10H2,1-2H3/t13-/m0/s1. The Labute approximate surface area is 150 Å². The maximum absolute atomic E-state index is 13.0. The fourth-order valence-corrected chi connectivity index (χ4v) is 4.52. The number of nitrogens with zero attached hydrogens (tertiary/aromatic N) is 2. The first kappa shape index (κ1) is 18.1. The van der Waals surface area contributed by atoms with Gasteiger partial charge in [-0.05, 0) is 44.6 Å². The van der Waals surface area contributed by atoms with Gasteiger partial charge in [-0.25, -0.2) is 9.78 Å². The SMILES string of the molecule is CCOCCOC(=O)[C@H](CC)n1cnc2sc3c(c2c1=O)CCCC3. The van der Waals surface area contributed by atoms with Crippen molar-refractivity contribution in [2.75, 3.05) is 19.8 Å². The van der Waals surface area contributed by atoms with Crippen molar-refractivity contribution in [2.24, 2.45) is 0 Å². The van der Waals surface area contributed by atoms with Gasteiger partial charge in [0, 0.05) is 11.5 Å². The minimum atomic E-state index is -0.648. The molecule has 2 aromatic heterocycles. The Kier molecular flexibility index (Phi) is 5.86. The fourth-order valence-electron chi connectivity index (χ4n) is 3.30. The van der Waals surface area contributed by atoms with Gasteiger partial charge >= 0.3 is 5.97 Å². The molecule has 0 N–H and O–H groups in total. The summed E-state index contributed by atoms with van der Waals surface area (Å²) in [5.74, 6) is -0.408. The van der Waals surface area contributed by atoms with E-state index >= 15 is 0 Å². The van der Waals surface area contributed by atoms with E-state index in [2.05, 4.69) is 4.98 Å². The van der Waals surface area contributed by atoms with Crippen molar-refractivity contribution in [3.63, 3.8) is 0 Å². The number of aromatic nitrogens is 2. The number of carbonyl (C=O) groups excluding carboxylic acids is 1. The van der Waals surface area contributed by atoms with Crippen LogP contribution in [0.15, 0.2) is 11.1 Å². The average Bonchev–Trinajstić information content (AvgIpc) is 3.00. The van der Waals surface area contributed by atoms with E-state index in [0.717, 1.165) is 36.1 Å². The largest absolute Gasteiger partial charge is 0.462 e. The van der Waals surface area contributed by atoms with Crippen LogP contribution >= 0.6 is 11.3 Å². The molecule has 136 valence electrons. The van der Waals surface area contributed by atoms with E-state index < -0.39 is 12.0 Å². The molecule has 0 unspecified atom stereocenters. The molecule has 2 aromatic rings. The molecule has 25 heavy (non-hydrogen) atoms. The third-order valence-corrected chi connectivity index (χ3v) is 5.77. The van der Waals surface area contributed by atoms with Gasteiger partial charge in [-0.1, -0.05) is 6.92 Å². The Morgan fingerprint density at radius 3 is 2.88 bits per heavy atom. The van der Waals surface area contributed by atoms with Gasteiger partial charge in [-0.2, -0.15) is 0 Å². The summed E-state index contributed by atoms with van der Waals surface area (Å²) in [5.41, 5.74) is 1.01. The molecule has 0 spiro atoms. The second-order valence-corrected chi connectivity index (χ2v) is 7.22. The van der Waals surface area contributed by atoms with Gasteiger partial charge in [0.25, 0.3) is 5.56 Å². The van der Waals surface area contributed by atoms with Crippen LogP contribution in [-0.2, 0) is 27.1 Å². The number of hydrogen-bond acceptors (Lipinski definition) is 6. The fraction of sp³-hybridized carbons (Fsp3) is 0.611. The molecule has 0 fully saturated rings. The van der Waals surface area contributed by atoms with Crippen molar-refractivity contribution in [3.05, 3.63) is 27.1 Å². The molecule has 1 atom stereocenters. The summed E-state index contributed by atoms with van der Waals surface area (Å²) < 4.78 is 11.9. The highest BCUT2D eigenvalue weighted by molar-refractivity contribution is 7.18. The van der Waals surface area contributed by atoms with Gasteiger partial charge in [0.2, 0.25) is 0 Å². The van der Waals surface area contributed by atoms with Gasteiger partial charge in [0.05, 0.1) is 18.3 Å². The second kappa shape index (κ2) is 8.10. The summed E-state index contributed by atoms with van der Waals surface area (Å²) in [6.45, 7) is 4.90. The van der Waals surface area contributed by atoms with Crippen LogP contribution in [0.25, 0.3) is 10.2 Å². The topological polar surface area (TPSA) is 70.4 Å². The van der Waals surface area contributed by atoms with Gasteiger partial charge in [0.15, 0.2) is 0 Å². The first-order valence-corrected chi connectivity index (χ1v) is 9.74. The van der Waals surface area contributed by atoms with Crippen molar-refractivity contribution in [3.8, 4) is 0 Å². The average molecular weight is 364 g/mol. The van der Waals surface area contributed by atoms with E-state index in [1.807, 2.05) is 13.8 Å². The Hall–Kier alpha value is -1.73. The summed E-state index contributed by atoms with van der Waals surface area (Å²) in [6, 6.07) is -0.648. The van der Waals surface area contributed by atoms with Gasteiger partial charge in [-0.3, -0.25) is 9.36 Å². The number of esters is 1. The third-order valence-electron chi connectivity index (χ3n) is 4.57. The van der Waals surface area contributed by atoms with Crippen LogP contribution in [0.4, 0.5) is 0 Å². The van der Waals surface area contributed by atoms with E-state index in [-0.39, 0.29) is 12.2 Å². The molecule has 1 aliphatic carbocycles. The quantitative estimate of drug-likeness (QED) is 0.558. The molecule has 0 saturated heterocycles. The van der Waals surface area contributed by atoms with Crippen molar-refractivity contribution in [1.82, 2.24) is 9.55 Å². The Balaban J connectivity index is 1.90. The molecule has 2 heterocycles. The van der Waals surface area contributed by atoms with E-state index in [1.54, 1.807) is 11.3 Å². The number of aryl methyl sites for hydroxylation is 2. The molecule has 0 aliphatic heterocycles. The second-order valence-electron chi connectivity index (χ2n) is 6.14. The molecule has 0 bridgehead atoms. The van der Waals surface area contributed by atoms with E-state index in [1.165, 1.54) is 15.8 Å². The molecule has 3 rings (SSSR count). The summed E-state index contributed by atoms with van der Waals surface area (Å²) in [4.78, 5) is 31.9. The highest BCUT2D eigenvalue weighted by atomic mass is 32.1. The summed E-state index contributed by atoms with van der Waals surface area (Å²) in [6.07, 6.45) is 6.18. The Morgan fingerprint density at radius 2 is 2.12 bits per heavy atom. The van der Waals surface area contributed by atoms with Crippen molar-refractivity contribution < 1.29 is 14.3 Å². The van der Waals surface area contributed by atoms with Crippen LogP contribution in [-0.4, -0.2) is 35.3 Å². The predicted molar refractivity (Wildman–Crippen MR) is 97.3 cm³/mol. The summed E-state index contributed by atoms with van der Waals surface area (Å²) in [7, 11) is 0. The molecule has 6 nitrogen and oxygen atoms in total. The number of ether oxygens (including phenoxy) is 2. The summed E-state index contributed by atoms with van der Waals surface area (Å²) >= 11 is 1.61. The lowest BCUT2D eigenvalue weighted by Crippen LogP contribution is -2.31. The lowest BCUT2D eigenvalue weighted by Gasteiger charge is -2.17. The first-order chi connectivity index (χ1) is 12.2. The minimum absolute atomic E-state index is 0.127. The lowest BCUT2D eigenvalue weighted by molar-refractivity contribution is -0.149. The normalized spacial score (nSPS) is 15.1. The zero-order chi connectivity index (χ0) is 17.8. The highest BCUT2D eigenvalue weighted by Gasteiger charge is 2.25. The molecule has 0 radical (unpaired) electrons. The third kappa shape index (κ3) is 3.62. The van der Waals surface area contributed by atoms with Crippen LogP contribution in [0, 0.1) is 0 Å². The van der Waals surface area contributed by atoms with E-state index in [0.29, 0.717) is 25.0 Å². The minimum Gasteiger partial charge on any atom is -0.462 e. The first-order valence-electron chi connectivity index (χ1n) is 8.93. The van der Waals surface area contributed by atoms with Crippen LogP contribution in [0.3, 0.4) is 0 Å². The molecular weight excluding hydrogens is 340 g/mol. The lowest BCUT2D eigenvalue weighted by atomic mass is 9.97. The van der Waals surface area contributed by atoms with Crippen LogP contribution in [0.2, 0.25) is 0 Å². The molecular formula is C18H24N2O4S. The van der Waals surface area contributed by atoms with Crippen LogP contribution < -0.4 is 5.56 Å². The molecule has 0 amide bonds. The van der Waals surface area contributed by atoms with Crippen molar-refractivity contribution in [2.45, 2.75) is 52.0 Å². The maximum atomic E-state index is 13.0. The van der Waals surface area contributed by atoms with Gasteiger partial charge < -0.3 is 9.47 Å². The smallest absolute Gasteiger partial charge is 0.329 e. The van der Waals surface area contributed by atoms with E-state index in [9.17, 15) is 9.59 Å². The van der Waals surface area contributed by atoms with Crippen LogP contribution in [0.1, 0.15) is 49.6 Å². The van der Waals surface area contributed by atoms with Crippen LogP contribution in [0.5, 0.6) is 0 Å². The zero-order valence-corrected chi connectivity index (χ0v) is 15.6. The van der Waals surface area contributed by atoms with Gasteiger partial charge in [-0.15, -0.1) is 11.3 Å². The van der Waals surface area contributed by atoms with E-state index in [4.69, 9.17) is 9.47 Å². The Bertz CT molecular complexity index is 811. The molecule has 0 saturated carbocycles. The number of fused-ring (bicyclic) bond motifs is 3. The Morgan fingerprint density at radius 1 is 1.32 bits per heavy atom. The number of rotatable bonds is 7. The highest BCUT2D eigenvalue weighted by Crippen LogP contribution is 2.33. The predicted octanol–water partition coefficient (Wildman–Crippen LogP) is 2.87. The summed E-state index contributed by atoms with van der Waals surface area (Å²) in [5, 5.41) is 0.697. The number of carbonyl (C=O) groups is 1. The van der Waals surface area contributed by atoms with Gasteiger partial charge in [0.1, 0.15) is 17.5 Å². The molecule has 0 aromatic carbocycles. The number of hydrogen-bond donors (Lipinski definition) is 0. The monoisotopic (exact) mass is 364 g/mol. The molecule has 7 heteroatoms. The molecule has 1 aliphatic rings. The zero-order valence-electron chi connectivity index (χ0n) is 14.7. The number of thiophene rings is 1. The van der Waals surface area contributed by atoms with Crippen molar-refractivity contribution in [1.29, 1.82) is 0 Å².